The van der Waals surface area contributed by atoms with E-state index in [4.69, 9.17) is 4.42 Å². The average Bonchev–Trinajstić information content (AvgIpc) is 2.76. The maximum atomic E-state index is 11.5. The number of hydrogen-bond donors (Lipinski definition) is 2. The molecule has 0 radical (unpaired) electrons. The van der Waals surface area contributed by atoms with Crippen molar-refractivity contribution in [3.63, 3.8) is 0 Å². The molecule has 2 N–H and O–H groups in total. The summed E-state index contributed by atoms with van der Waals surface area (Å²) in [7, 11) is 0. The van der Waals surface area contributed by atoms with Crippen LogP contribution in [0.1, 0.15) is 38.8 Å². The molecule has 1 rings (SSSR count). The summed E-state index contributed by atoms with van der Waals surface area (Å²) in [5.74, 6) is 2.12. The molecule has 1 amide bonds. The van der Waals surface area contributed by atoms with Crippen molar-refractivity contribution in [3.8, 4) is 0 Å². The monoisotopic (exact) mass is 253 g/mol. The van der Waals surface area contributed by atoms with Crippen molar-refractivity contribution in [2.75, 3.05) is 13.1 Å². The van der Waals surface area contributed by atoms with Gasteiger partial charge in [0, 0.05) is 13.0 Å². The first-order valence-corrected chi connectivity index (χ1v) is 6.52. The van der Waals surface area contributed by atoms with Crippen LogP contribution in [0.15, 0.2) is 10.6 Å². The summed E-state index contributed by atoms with van der Waals surface area (Å²) in [4.78, 5) is 15.6. The van der Waals surface area contributed by atoms with Gasteiger partial charge in [-0.3, -0.25) is 10.1 Å². The lowest BCUT2D eigenvalue weighted by Crippen LogP contribution is -2.34. The van der Waals surface area contributed by atoms with Gasteiger partial charge in [0.2, 0.25) is 11.8 Å². The van der Waals surface area contributed by atoms with Crippen LogP contribution in [-0.2, 0) is 17.8 Å². The Morgan fingerprint density at radius 1 is 1.50 bits per heavy atom. The van der Waals surface area contributed by atoms with Gasteiger partial charge in [-0.15, -0.1) is 0 Å². The zero-order valence-electron chi connectivity index (χ0n) is 11.5. The Labute approximate surface area is 108 Å². The van der Waals surface area contributed by atoms with Crippen molar-refractivity contribution < 1.29 is 9.21 Å². The molecule has 0 saturated carbocycles. The number of aromatic nitrogens is 1. The first kappa shape index (κ1) is 14.7. The molecule has 1 heterocycles. The van der Waals surface area contributed by atoms with E-state index in [-0.39, 0.29) is 5.91 Å². The molecule has 0 aliphatic heterocycles. The van der Waals surface area contributed by atoms with Crippen molar-refractivity contribution in [2.24, 2.45) is 5.92 Å². The number of nitrogens with zero attached hydrogens (tertiary/aromatic N) is 1. The van der Waals surface area contributed by atoms with Gasteiger partial charge in [-0.05, 0) is 12.3 Å². The molecule has 0 spiro atoms. The zero-order valence-corrected chi connectivity index (χ0v) is 11.5. The fourth-order valence-electron chi connectivity index (χ4n) is 1.44. The maximum absolute atomic E-state index is 11.5. The quantitative estimate of drug-likeness (QED) is 0.736. The molecular formula is C13H23N3O2. The van der Waals surface area contributed by atoms with Gasteiger partial charge < -0.3 is 9.73 Å². The molecule has 0 fully saturated rings. The minimum Gasteiger partial charge on any atom is -0.444 e. The molecule has 0 bridgehead atoms. The molecule has 0 saturated heterocycles. The summed E-state index contributed by atoms with van der Waals surface area (Å²) in [6.45, 7) is 7.80. The lowest BCUT2D eigenvalue weighted by molar-refractivity contribution is -0.120. The third-order valence-corrected chi connectivity index (χ3v) is 2.56. The number of oxazole rings is 1. The summed E-state index contributed by atoms with van der Waals surface area (Å²) in [5, 5.41) is 5.87. The first-order chi connectivity index (χ1) is 8.61. The van der Waals surface area contributed by atoms with E-state index in [1.54, 1.807) is 6.20 Å². The molecule has 1 aromatic heterocycles. The summed E-state index contributed by atoms with van der Waals surface area (Å²) >= 11 is 0. The SMILES string of the molecule is CCc1cnc(CNCC(=O)NCCC(C)C)o1. The van der Waals surface area contributed by atoms with E-state index in [0.29, 0.717) is 24.9 Å². The van der Waals surface area contributed by atoms with Crippen LogP contribution < -0.4 is 10.6 Å². The number of nitrogens with one attached hydrogen (secondary N) is 2. The Morgan fingerprint density at radius 2 is 2.28 bits per heavy atom. The van der Waals surface area contributed by atoms with Crippen LogP contribution in [0.2, 0.25) is 0 Å². The van der Waals surface area contributed by atoms with Crippen LogP contribution in [0.4, 0.5) is 0 Å². The number of amides is 1. The highest BCUT2D eigenvalue weighted by molar-refractivity contribution is 5.77. The van der Waals surface area contributed by atoms with Crippen molar-refractivity contribution >= 4 is 5.91 Å². The van der Waals surface area contributed by atoms with E-state index in [9.17, 15) is 4.79 Å². The van der Waals surface area contributed by atoms with Gasteiger partial charge in [-0.1, -0.05) is 20.8 Å². The van der Waals surface area contributed by atoms with Crippen molar-refractivity contribution in [2.45, 2.75) is 40.2 Å². The largest absolute Gasteiger partial charge is 0.444 e. The predicted octanol–water partition coefficient (Wildman–Crippen LogP) is 1.49. The van der Waals surface area contributed by atoms with Gasteiger partial charge in [-0.25, -0.2) is 4.98 Å². The Kier molecular flexibility index (Phi) is 6.43. The van der Waals surface area contributed by atoms with Gasteiger partial charge in [0.1, 0.15) is 5.76 Å². The maximum Gasteiger partial charge on any atom is 0.233 e. The zero-order chi connectivity index (χ0) is 13.4. The predicted molar refractivity (Wildman–Crippen MR) is 70.1 cm³/mol. The van der Waals surface area contributed by atoms with E-state index >= 15 is 0 Å². The summed E-state index contributed by atoms with van der Waals surface area (Å²) < 4.78 is 5.42. The lowest BCUT2D eigenvalue weighted by Gasteiger charge is -2.07. The number of rotatable bonds is 8. The van der Waals surface area contributed by atoms with E-state index in [2.05, 4.69) is 29.5 Å². The van der Waals surface area contributed by atoms with Gasteiger partial charge in [-0.2, -0.15) is 0 Å². The Hall–Kier alpha value is -1.36. The standard InChI is InChI=1S/C13H23N3O2/c1-4-11-7-16-13(18-11)9-14-8-12(17)15-6-5-10(2)3/h7,10,14H,4-6,8-9H2,1-3H3,(H,15,17). The van der Waals surface area contributed by atoms with Crippen LogP contribution in [0.5, 0.6) is 0 Å². The molecule has 5 heteroatoms. The smallest absolute Gasteiger partial charge is 0.233 e. The van der Waals surface area contributed by atoms with E-state index in [0.717, 1.165) is 25.1 Å². The van der Waals surface area contributed by atoms with Crippen LogP contribution in [0, 0.1) is 5.92 Å². The fourth-order valence-corrected chi connectivity index (χ4v) is 1.44. The third kappa shape index (κ3) is 5.82. The van der Waals surface area contributed by atoms with E-state index < -0.39 is 0 Å². The number of carbonyl (C=O) groups is 1. The fraction of sp³-hybridized carbons (Fsp3) is 0.692. The highest BCUT2D eigenvalue weighted by Gasteiger charge is 2.04. The topological polar surface area (TPSA) is 67.2 Å². The summed E-state index contributed by atoms with van der Waals surface area (Å²) in [6.07, 6.45) is 3.56. The van der Waals surface area contributed by atoms with Gasteiger partial charge in [0.15, 0.2) is 0 Å². The molecule has 0 atom stereocenters. The van der Waals surface area contributed by atoms with Crippen LogP contribution in [-0.4, -0.2) is 24.0 Å². The molecule has 0 unspecified atom stereocenters. The van der Waals surface area contributed by atoms with Crippen LogP contribution in [0.3, 0.4) is 0 Å². The van der Waals surface area contributed by atoms with Crippen molar-refractivity contribution in [3.05, 3.63) is 17.8 Å². The number of hydrogen-bond acceptors (Lipinski definition) is 4. The van der Waals surface area contributed by atoms with Gasteiger partial charge >= 0.3 is 0 Å². The van der Waals surface area contributed by atoms with Crippen molar-refractivity contribution in [1.29, 1.82) is 0 Å². The molecule has 0 aliphatic carbocycles. The Bertz CT molecular complexity index is 361. The second kappa shape index (κ2) is 7.87. The van der Waals surface area contributed by atoms with Crippen molar-refractivity contribution in [1.82, 2.24) is 15.6 Å². The Morgan fingerprint density at radius 3 is 2.89 bits per heavy atom. The minimum absolute atomic E-state index is 0.0120. The molecule has 5 nitrogen and oxygen atoms in total. The molecule has 102 valence electrons. The summed E-state index contributed by atoms with van der Waals surface area (Å²) in [5.41, 5.74) is 0. The Balaban J connectivity index is 2.11. The molecular weight excluding hydrogens is 230 g/mol. The average molecular weight is 253 g/mol. The number of aryl methyl sites for hydroxylation is 1. The molecule has 0 aromatic carbocycles. The third-order valence-electron chi connectivity index (χ3n) is 2.56. The number of carbonyl (C=O) groups excluding carboxylic acids is 1. The highest BCUT2D eigenvalue weighted by atomic mass is 16.4. The van der Waals surface area contributed by atoms with Gasteiger partial charge in [0.05, 0.1) is 19.3 Å². The normalized spacial score (nSPS) is 10.9. The van der Waals surface area contributed by atoms with Gasteiger partial charge in [0.25, 0.3) is 0 Å². The lowest BCUT2D eigenvalue weighted by atomic mass is 10.1. The first-order valence-electron chi connectivity index (χ1n) is 6.52. The highest BCUT2D eigenvalue weighted by Crippen LogP contribution is 2.03. The van der Waals surface area contributed by atoms with Crippen LogP contribution >= 0.6 is 0 Å². The molecule has 18 heavy (non-hydrogen) atoms. The van der Waals surface area contributed by atoms with Crippen LogP contribution in [0.25, 0.3) is 0 Å². The second-order valence-corrected chi connectivity index (χ2v) is 4.71. The molecule has 1 aromatic rings. The minimum atomic E-state index is 0.0120. The second-order valence-electron chi connectivity index (χ2n) is 4.71. The van der Waals surface area contributed by atoms with E-state index in [1.165, 1.54) is 0 Å². The molecule has 0 aliphatic rings. The van der Waals surface area contributed by atoms with E-state index in [1.807, 2.05) is 6.92 Å². The summed E-state index contributed by atoms with van der Waals surface area (Å²) in [6, 6.07) is 0.